The molecular formula is C10H12N6OS. The Kier molecular flexibility index (Phi) is 3.78. The first-order chi connectivity index (χ1) is 8.65. The van der Waals surface area contributed by atoms with Crippen molar-refractivity contribution in [3.05, 3.63) is 28.0 Å². The molecule has 2 aromatic rings. The van der Waals surface area contributed by atoms with Crippen molar-refractivity contribution in [3.8, 4) is 0 Å². The Morgan fingerprint density at radius 1 is 1.61 bits per heavy atom. The number of tetrazole rings is 1. The van der Waals surface area contributed by atoms with Gasteiger partial charge in [-0.3, -0.25) is 4.79 Å². The van der Waals surface area contributed by atoms with Gasteiger partial charge in [0.2, 0.25) is 5.91 Å². The van der Waals surface area contributed by atoms with Gasteiger partial charge in [-0.1, -0.05) is 5.21 Å². The number of carbonyl (C=O) groups excluding carboxylic acids is 1. The van der Waals surface area contributed by atoms with E-state index >= 15 is 0 Å². The zero-order chi connectivity index (χ0) is 13.0. The van der Waals surface area contributed by atoms with Gasteiger partial charge in [0.1, 0.15) is 0 Å². The SMILES string of the molecule is Cc1nc(C=CC(=O)NC(C)c2nn[nH]n2)cs1. The Morgan fingerprint density at radius 3 is 3.06 bits per heavy atom. The quantitative estimate of drug-likeness (QED) is 0.798. The number of H-pyrrole nitrogens is 1. The van der Waals surface area contributed by atoms with Crippen molar-refractivity contribution in [2.45, 2.75) is 19.9 Å². The van der Waals surface area contributed by atoms with E-state index in [1.165, 1.54) is 6.08 Å². The summed E-state index contributed by atoms with van der Waals surface area (Å²) in [7, 11) is 0. The number of rotatable bonds is 4. The van der Waals surface area contributed by atoms with Crippen molar-refractivity contribution in [2.24, 2.45) is 0 Å². The average Bonchev–Trinajstić information content (AvgIpc) is 2.97. The Hall–Kier alpha value is -2.09. The first-order valence-electron chi connectivity index (χ1n) is 5.29. The zero-order valence-corrected chi connectivity index (χ0v) is 10.7. The normalized spacial score (nSPS) is 12.8. The lowest BCUT2D eigenvalue weighted by Crippen LogP contribution is -2.25. The van der Waals surface area contributed by atoms with Gasteiger partial charge in [-0.05, 0) is 19.9 Å². The lowest BCUT2D eigenvalue weighted by Gasteiger charge is -2.06. The van der Waals surface area contributed by atoms with E-state index < -0.39 is 0 Å². The molecule has 2 N–H and O–H groups in total. The minimum absolute atomic E-state index is 0.224. The van der Waals surface area contributed by atoms with Crippen molar-refractivity contribution in [3.63, 3.8) is 0 Å². The fourth-order valence-corrected chi connectivity index (χ4v) is 1.88. The molecule has 0 aliphatic heterocycles. The Balaban J connectivity index is 1.91. The largest absolute Gasteiger partial charge is 0.343 e. The first kappa shape index (κ1) is 12.4. The molecule has 18 heavy (non-hydrogen) atoms. The van der Waals surface area contributed by atoms with Crippen molar-refractivity contribution in [1.82, 2.24) is 30.9 Å². The lowest BCUT2D eigenvalue weighted by molar-refractivity contribution is -0.117. The molecule has 1 unspecified atom stereocenters. The maximum absolute atomic E-state index is 11.6. The van der Waals surface area contributed by atoms with E-state index in [4.69, 9.17) is 0 Å². The van der Waals surface area contributed by atoms with E-state index in [2.05, 4.69) is 30.9 Å². The van der Waals surface area contributed by atoms with Gasteiger partial charge in [0.25, 0.3) is 0 Å². The van der Waals surface area contributed by atoms with E-state index in [1.807, 2.05) is 12.3 Å². The second kappa shape index (κ2) is 5.50. The fourth-order valence-electron chi connectivity index (χ4n) is 1.30. The molecule has 0 saturated heterocycles. The molecule has 94 valence electrons. The van der Waals surface area contributed by atoms with Gasteiger partial charge in [-0.25, -0.2) is 4.98 Å². The summed E-state index contributed by atoms with van der Waals surface area (Å²) in [4.78, 5) is 15.8. The van der Waals surface area contributed by atoms with Crippen LogP contribution < -0.4 is 5.32 Å². The first-order valence-corrected chi connectivity index (χ1v) is 6.17. The number of thiazole rings is 1. The Bertz CT molecular complexity index is 546. The minimum Gasteiger partial charge on any atom is -0.343 e. The zero-order valence-electron chi connectivity index (χ0n) is 9.91. The predicted octanol–water partition coefficient (Wildman–Crippen LogP) is 0.855. The van der Waals surface area contributed by atoms with Crippen LogP contribution in [0.2, 0.25) is 0 Å². The number of hydrogen-bond donors (Lipinski definition) is 2. The van der Waals surface area contributed by atoms with Crippen LogP contribution in [0.15, 0.2) is 11.5 Å². The maximum Gasteiger partial charge on any atom is 0.244 e. The smallest absolute Gasteiger partial charge is 0.244 e. The summed E-state index contributed by atoms with van der Waals surface area (Å²) < 4.78 is 0. The third kappa shape index (κ3) is 3.20. The monoisotopic (exact) mass is 264 g/mol. The molecule has 1 amide bonds. The predicted molar refractivity (Wildman–Crippen MR) is 66.6 cm³/mol. The van der Waals surface area contributed by atoms with Crippen LogP contribution >= 0.6 is 11.3 Å². The van der Waals surface area contributed by atoms with Gasteiger partial charge in [-0.2, -0.15) is 5.21 Å². The van der Waals surface area contributed by atoms with Crippen LogP contribution in [0.4, 0.5) is 0 Å². The molecule has 0 bridgehead atoms. The van der Waals surface area contributed by atoms with E-state index in [9.17, 15) is 4.79 Å². The highest BCUT2D eigenvalue weighted by atomic mass is 32.1. The number of amides is 1. The van der Waals surface area contributed by atoms with Gasteiger partial charge in [0.15, 0.2) is 5.82 Å². The van der Waals surface area contributed by atoms with Crippen molar-refractivity contribution < 1.29 is 4.79 Å². The summed E-state index contributed by atoms with van der Waals surface area (Å²) in [6, 6.07) is -0.293. The van der Waals surface area contributed by atoms with Crippen molar-refractivity contribution >= 4 is 23.3 Å². The van der Waals surface area contributed by atoms with E-state index in [1.54, 1.807) is 24.3 Å². The molecule has 8 heteroatoms. The fraction of sp³-hybridized carbons (Fsp3) is 0.300. The van der Waals surface area contributed by atoms with Crippen LogP contribution in [-0.4, -0.2) is 31.5 Å². The van der Waals surface area contributed by atoms with Crippen molar-refractivity contribution in [2.75, 3.05) is 0 Å². The second-order valence-electron chi connectivity index (χ2n) is 3.63. The van der Waals surface area contributed by atoms with Crippen LogP contribution in [0.1, 0.15) is 29.5 Å². The van der Waals surface area contributed by atoms with Crippen LogP contribution in [0.25, 0.3) is 6.08 Å². The molecule has 2 heterocycles. The van der Waals surface area contributed by atoms with Crippen LogP contribution in [0.3, 0.4) is 0 Å². The van der Waals surface area contributed by atoms with Crippen LogP contribution in [-0.2, 0) is 4.79 Å². The highest BCUT2D eigenvalue weighted by molar-refractivity contribution is 7.09. The standard InChI is InChI=1S/C10H12N6OS/c1-6(10-13-15-16-14-10)11-9(17)4-3-8-5-18-7(2)12-8/h3-6H,1-2H3,(H,11,17)(H,13,14,15,16). The second-order valence-corrected chi connectivity index (χ2v) is 4.69. The Morgan fingerprint density at radius 2 is 2.44 bits per heavy atom. The maximum atomic E-state index is 11.6. The van der Waals surface area contributed by atoms with E-state index in [-0.39, 0.29) is 11.9 Å². The van der Waals surface area contributed by atoms with Gasteiger partial charge in [0.05, 0.1) is 16.7 Å². The third-order valence-corrected chi connectivity index (χ3v) is 2.94. The van der Waals surface area contributed by atoms with E-state index in [0.717, 1.165) is 10.7 Å². The number of aromatic amines is 1. The number of nitrogens with zero attached hydrogens (tertiary/aromatic N) is 4. The molecule has 7 nitrogen and oxygen atoms in total. The highest BCUT2D eigenvalue weighted by Crippen LogP contribution is 2.09. The molecule has 0 fully saturated rings. The van der Waals surface area contributed by atoms with Gasteiger partial charge in [-0.15, -0.1) is 21.5 Å². The molecule has 2 aromatic heterocycles. The molecule has 0 aliphatic rings. The van der Waals surface area contributed by atoms with Gasteiger partial charge < -0.3 is 5.32 Å². The molecule has 0 spiro atoms. The number of carbonyl (C=O) groups is 1. The topological polar surface area (TPSA) is 96.5 Å². The minimum atomic E-state index is -0.293. The van der Waals surface area contributed by atoms with Crippen molar-refractivity contribution in [1.29, 1.82) is 0 Å². The average molecular weight is 264 g/mol. The molecule has 1 atom stereocenters. The molecule has 0 aromatic carbocycles. The number of hydrogen-bond acceptors (Lipinski definition) is 6. The Labute approximate surface area is 107 Å². The summed E-state index contributed by atoms with van der Waals surface area (Å²) in [5.74, 6) is 0.221. The number of nitrogens with one attached hydrogen (secondary N) is 2. The van der Waals surface area contributed by atoms with E-state index in [0.29, 0.717) is 5.82 Å². The van der Waals surface area contributed by atoms with Crippen LogP contribution in [0, 0.1) is 6.92 Å². The van der Waals surface area contributed by atoms with Crippen LogP contribution in [0.5, 0.6) is 0 Å². The molecule has 2 rings (SSSR count). The summed E-state index contributed by atoms with van der Waals surface area (Å²) in [6.45, 7) is 3.70. The number of aromatic nitrogens is 5. The molecule has 0 aliphatic carbocycles. The molecule has 0 radical (unpaired) electrons. The van der Waals surface area contributed by atoms with Gasteiger partial charge in [0, 0.05) is 11.5 Å². The summed E-state index contributed by atoms with van der Waals surface area (Å²) in [5, 5.41) is 18.9. The summed E-state index contributed by atoms with van der Waals surface area (Å²) in [6.07, 6.45) is 3.10. The third-order valence-electron chi connectivity index (χ3n) is 2.15. The number of aryl methyl sites for hydroxylation is 1. The summed E-state index contributed by atoms with van der Waals surface area (Å²) >= 11 is 1.54. The molecular weight excluding hydrogens is 252 g/mol. The summed E-state index contributed by atoms with van der Waals surface area (Å²) in [5.41, 5.74) is 0.778. The molecule has 0 saturated carbocycles. The van der Waals surface area contributed by atoms with Gasteiger partial charge >= 0.3 is 0 Å². The highest BCUT2D eigenvalue weighted by Gasteiger charge is 2.11. The lowest BCUT2D eigenvalue weighted by atomic mass is 10.3.